The molecule has 6 nitrogen and oxygen atoms in total. The Balaban J connectivity index is 2.38. The van der Waals surface area contributed by atoms with Crippen LogP contribution in [0.1, 0.15) is 25.7 Å². The average Bonchev–Trinajstić information content (AvgIpc) is 2.41. The molecule has 1 aliphatic heterocycles. The highest BCUT2D eigenvalue weighted by atomic mass is 16.5. The summed E-state index contributed by atoms with van der Waals surface area (Å²) in [5.74, 6) is -0.231. The molecule has 110 valence electrons. The highest BCUT2D eigenvalue weighted by molar-refractivity contribution is 5.78. The summed E-state index contributed by atoms with van der Waals surface area (Å²) in [6.07, 6.45) is 3.48. The topological polar surface area (TPSA) is 67.9 Å². The second-order valence-electron chi connectivity index (χ2n) is 4.74. The van der Waals surface area contributed by atoms with Gasteiger partial charge >= 0.3 is 5.97 Å². The minimum atomic E-state index is -0.211. The second-order valence-corrected chi connectivity index (χ2v) is 4.74. The second kappa shape index (κ2) is 8.87. The van der Waals surface area contributed by atoms with Crippen molar-refractivity contribution < 1.29 is 19.1 Å². The number of likely N-dealkylation sites (tertiary alicyclic amines) is 1. The number of rotatable bonds is 7. The molecule has 0 aromatic rings. The molecule has 0 saturated carbocycles. The highest BCUT2D eigenvalue weighted by Gasteiger charge is 2.26. The summed E-state index contributed by atoms with van der Waals surface area (Å²) < 4.78 is 9.58. The number of hydrogen-bond acceptors (Lipinski definition) is 5. The fourth-order valence-corrected chi connectivity index (χ4v) is 2.31. The lowest BCUT2D eigenvalue weighted by atomic mass is 9.99. The first-order chi connectivity index (χ1) is 9.17. The van der Waals surface area contributed by atoms with Crippen molar-refractivity contribution in [2.75, 3.05) is 40.5 Å². The standard InChI is InChI=1S/C13H24N2O4/c1-18-8-6-14-12(16)10-15-7-4-3-5-11(15)9-13(17)19-2/h11H,3-10H2,1-2H3,(H,14,16). The number of methoxy groups -OCH3 is 2. The zero-order valence-electron chi connectivity index (χ0n) is 11.8. The van der Waals surface area contributed by atoms with E-state index < -0.39 is 0 Å². The molecule has 0 aromatic carbocycles. The molecule has 1 fully saturated rings. The van der Waals surface area contributed by atoms with E-state index >= 15 is 0 Å². The summed E-state index contributed by atoms with van der Waals surface area (Å²) in [7, 11) is 3.00. The van der Waals surface area contributed by atoms with Crippen molar-refractivity contribution in [3.63, 3.8) is 0 Å². The Morgan fingerprint density at radius 1 is 1.32 bits per heavy atom. The van der Waals surface area contributed by atoms with Crippen molar-refractivity contribution in [1.29, 1.82) is 0 Å². The lowest BCUT2D eigenvalue weighted by Gasteiger charge is -2.34. The Hall–Kier alpha value is -1.14. The van der Waals surface area contributed by atoms with E-state index in [4.69, 9.17) is 9.47 Å². The number of carbonyl (C=O) groups excluding carboxylic acids is 2. The van der Waals surface area contributed by atoms with Gasteiger partial charge in [-0.05, 0) is 19.4 Å². The molecule has 1 rings (SSSR count). The van der Waals surface area contributed by atoms with Crippen LogP contribution in [0, 0.1) is 0 Å². The van der Waals surface area contributed by atoms with Crippen LogP contribution in [0.25, 0.3) is 0 Å². The molecular weight excluding hydrogens is 248 g/mol. The highest BCUT2D eigenvalue weighted by Crippen LogP contribution is 2.19. The zero-order chi connectivity index (χ0) is 14.1. The lowest BCUT2D eigenvalue weighted by molar-refractivity contribution is -0.143. The van der Waals surface area contributed by atoms with E-state index in [1.807, 2.05) is 0 Å². The summed E-state index contributed by atoms with van der Waals surface area (Å²) >= 11 is 0. The third-order valence-corrected chi connectivity index (χ3v) is 3.35. The molecule has 1 heterocycles. The summed E-state index contributed by atoms with van der Waals surface area (Å²) in [6.45, 7) is 2.23. The fourth-order valence-electron chi connectivity index (χ4n) is 2.31. The van der Waals surface area contributed by atoms with Gasteiger partial charge in [-0.1, -0.05) is 6.42 Å². The maximum Gasteiger partial charge on any atom is 0.307 e. The van der Waals surface area contributed by atoms with Crippen LogP contribution in [-0.4, -0.2) is 63.3 Å². The summed E-state index contributed by atoms with van der Waals surface area (Å²) in [5, 5.41) is 2.80. The molecule has 0 aromatic heterocycles. The van der Waals surface area contributed by atoms with Crippen molar-refractivity contribution in [2.24, 2.45) is 0 Å². The summed E-state index contributed by atoms with van der Waals surface area (Å²) in [5.41, 5.74) is 0. The number of hydrogen-bond donors (Lipinski definition) is 1. The first-order valence-corrected chi connectivity index (χ1v) is 6.74. The summed E-state index contributed by atoms with van der Waals surface area (Å²) in [6, 6.07) is 0.120. The van der Waals surface area contributed by atoms with Gasteiger partial charge in [0.05, 0.1) is 26.7 Å². The molecule has 0 radical (unpaired) electrons. The molecule has 1 N–H and O–H groups in total. The van der Waals surface area contributed by atoms with Crippen molar-refractivity contribution >= 4 is 11.9 Å². The van der Waals surface area contributed by atoms with Gasteiger partial charge in [-0.25, -0.2) is 0 Å². The fraction of sp³-hybridized carbons (Fsp3) is 0.846. The quantitative estimate of drug-likeness (QED) is 0.528. The molecule has 0 spiro atoms. The number of piperidine rings is 1. The monoisotopic (exact) mass is 272 g/mol. The van der Waals surface area contributed by atoms with Crippen LogP contribution in [0.4, 0.5) is 0 Å². The largest absolute Gasteiger partial charge is 0.469 e. The molecule has 1 aliphatic rings. The van der Waals surface area contributed by atoms with Gasteiger partial charge in [-0.15, -0.1) is 0 Å². The SMILES string of the molecule is COCCNC(=O)CN1CCCCC1CC(=O)OC. The molecular formula is C13H24N2O4. The average molecular weight is 272 g/mol. The predicted octanol–water partition coefficient (Wildman–Crippen LogP) is 0.167. The lowest BCUT2D eigenvalue weighted by Crippen LogP contribution is -2.46. The van der Waals surface area contributed by atoms with E-state index in [0.29, 0.717) is 26.1 Å². The van der Waals surface area contributed by atoms with Gasteiger partial charge in [0.2, 0.25) is 5.91 Å². The van der Waals surface area contributed by atoms with E-state index in [0.717, 1.165) is 25.8 Å². The maximum absolute atomic E-state index is 11.8. The molecule has 19 heavy (non-hydrogen) atoms. The van der Waals surface area contributed by atoms with E-state index in [1.165, 1.54) is 7.11 Å². The van der Waals surface area contributed by atoms with Crippen molar-refractivity contribution in [2.45, 2.75) is 31.7 Å². The molecule has 1 atom stereocenters. The Morgan fingerprint density at radius 2 is 2.11 bits per heavy atom. The van der Waals surface area contributed by atoms with Gasteiger partial charge in [0.15, 0.2) is 0 Å². The number of amides is 1. The van der Waals surface area contributed by atoms with Crippen molar-refractivity contribution in [1.82, 2.24) is 10.2 Å². The number of ether oxygens (including phenoxy) is 2. The molecule has 0 bridgehead atoms. The number of nitrogens with one attached hydrogen (secondary N) is 1. The Morgan fingerprint density at radius 3 is 2.79 bits per heavy atom. The first-order valence-electron chi connectivity index (χ1n) is 6.74. The Kier molecular flexibility index (Phi) is 7.43. The van der Waals surface area contributed by atoms with Gasteiger partial charge < -0.3 is 14.8 Å². The maximum atomic E-state index is 11.8. The van der Waals surface area contributed by atoms with Gasteiger partial charge in [0, 0.05) is 19.7 Å². The molecule has 0 aliphatic carbocycles. The van der Waals surface area contributed by atoms with E-state index in [1.54, 1.807) is 7.11 Å². The zero-order valence-corrected chi connectivity index (χ0v) is 11.8. The minimum Gasteiger partial charge on any atom is -0.469 e. The first kappa shape index (κ1) is 15.9. The molecule has 6 heteroatoms. The Labute approximate surface area is 114 Å². The van der Waals surface area contributed by atoms with E-state index in [-0.39, 0.29) is 17.9 Å². The normalized spacial score (nSPS) is 20.0. The van der Waals surface area contributed by atoms with Gasteiger partial charge in [0.1, 0.15) is 0 Å². The Bertz CT molecular complexity index is 296. The number of nitrogens with zero attached hydrogens (tertiary/aromatic N) is 1. The minimum absolute atomic E-state index is 0.0196. The molecule has 1 unspecified atom stereocenters. The van der Waals surface area contributed by atoms with Crippen LogP contribution in [0.5, 0.6) is 0 Å². The van der Waals surface area contributed by atoms with Crippen LogP contribution in [-0.2, 0) is 19.1 Å². The number of carbonyl (C=O) groups is 2. The van der Waals surface area contributed by atoms with Crippen LogP contribution < -0.4 is 5.32 Å². The van der Waals surface area contributed by atoms with Crippen LogP contribution in [0.15, 0.2) is 0 Å². The molecule has 1 saturated heterocycles. The van der Waals surface area contributed by atoms with Gasteiger partial charge in [-0.2, -0.15) is 0 Å². The van der Waals surface area contributed by atoms with Gasteiger partial charge in [-0.3, -0.25) is 14.5 Å². The molecule has 1 amide bonds. The third kappa shape index (κ3) is 6.02. The van der Waals surface area contributed by atoms with E-state index in [9.17, 15) is 9.59 Å². The van der Waals surface area contributed by atoms with Crippen molar-refractivity contribution in [3.8, 4) is 0 Å². The van der Waals surface area contributed by atoms with Gasteiger partial charge in [0.25, 0.3) is 0 Å². The smallest absolute Gasteiger partial charge is 0.307 e. The van der Waals surface area contributed by atoms with Crippen molar-refractivity contribution in [3.05, 3.63) is 0 Å². The van der Waals surface area contributed by atoms with Crippen LogP contribution in [0.2, 0.25) is 0 Å². The van der Waals surface area contributed by atoms with Crippen LogP contribution >= 0.6 is 0 Å². The summed E-state index contributed by atoms with van der Waals surface area (Å²) in [4.78, 5) is 25.2. The van der Waals surface area contributed by atoms with E-state index in [2.05, 4.69) is 10.2 Å². The predicted molar refractivity (Wildman–Crippen MR) is 70.7 cm³/mol. The van der Waals surface area contributed by atoms with Crippen LogP contribution in [0.3, 0.4) is 0 Å². The third-order valence-electron chi connectivity index (χ3n) is 3.35. The number of esters is 1.